The molecule has 0 heterocycles. The summed E-state index contributed by atoms with van der Waals surface area (Å²) in [6.45, 7) is 8.19. The maximum Gasteiger partial charge on any atom is 0.0758 e. The molecule has 0 saturated carbocycles. The zero-order valence-electron chi connectivity index (χ0n) is 11.6. The second kappa shape index (κ2) is 8.57. The highest BCUT2D eigenvalue weighted by atomic mass is 32.2. The molecule has 0 bridgehead atoms. The summed E-state index contributed by atoms with van der Waals surface area (Å²) in [6, 6.07) is 8.64. The SMILES string of the molecule is CCCNCC(O)CSc1ccc(C(C)C)cc1. The monoisotopic (exact) mass is 267 g/mol. The molecule has 1 aromatic rings. The zero-order valence-corrected chi connectivity index (χ0v) is 12.5. The largest absolute Gasteiger partial charge is 0.391 e. The van der Waals surface area contributed by atoms with Crippen molar-refractivity contribution in [1.29, 1.82) is 0 Å². The molecule has 0 aliphatic heterocycles. The smallest absolute Gasteiger partial charge is 0.0758 e. The molecule has 0 spiro atoms. The van der Waals surface area contributed by atoms with Gasteiger partial charge in [0.1, 0.15) is 0 Å². The maximum atomic E-state index is 9.80. The van der Waals surface area contributed by atoms with Crippen LogP contribution in [-0.4, -0.2) is 30.1 Å². The van der Waals surface area contributed by atoms with E-state index in [-0.39, 0.29) is 6.10 Å². The van der Waals surface area contributed by atoms with Crippen LogP contribution in [-0.2, 0) is 0 Å². The Labute approximate surface area is 115 Å². The van der Waals surface area contributed by atoms with Gasteiger partial charge in [0.2, 0.25) is 0 Å². The highest BCUT2D eigenvalue weighted by Gasteiger charge is 2.05. The third kappa shape index (κ3) is 5.89. The van der Waals surface area contributed by atoms with Gasteiger partial charge in [-0.25, -0.2) is 0 Å². The second-order valence-electron chi connectivity index (χ2n) is 4.89. The van der Waals surface area contributed by atoms with Gasteiger partial charge in [0.15, 0.2) is 0 Å². The summed E-state index contributed by atoms with van der Waals surface area (Å²) in [6.07, 6.45) is 0.836. The average Bonchev–Trinajstić information content (AvgIpc) is 2.37. The first kappa shape index (κ1) is 15.5. The quantitative estimate of drug-likeness (QED) is 0.560. The standard InChI is InChI=1S/C15H25NOS/c1-4-9-16-10-14(17)11-18-15-7-5-13(6-8-15)12(2)3/h5-8,12,14,16-17H,4,9-11H2,1-3H3. The van der Waals surface area contributed by atoms with E-state index in [1.54, 1.807) is 11.8 Å². The van der Waals surface area contributed by atoms with Crippen LogP contribution in [0, 0.1) is 0 Å². The minimum Gasteiger partial charge on any atom is -0.391 e. The normalized spacial score (nSPS) is 12.9. The van der Waals surface area contributed by atoms with Crippen molar-refractivity contribution >= 4 is 11.8 Å². The lowest BCUT2D eigenvalue weighted by atomic mass is 10.0. The number of aliphatic hydroxyl groups is 1. The van der Waals surface area contributed by atoms with Crippen molar-refractivity contribution in [3.8, 4) is 0 Å². The Hall–Kier alpha value is -0.510. The number of hydrogen-bond acceptors (Lipinski definition) is 3. The molecule has 0 saturated heterocycles. The highest BCUT2D eigenvalue weighted by molar-refractivity contribution is 7.99. The van der Waals surface area contributed by atoms with Crippen LogP contribution >= 0.6 is 11.8 Å². The molecule has 1 atom stereocenters. The minimum absolute atomic E-state index is 0.272. The van der Waals surface area contributed by atoms with Crippen LogP contribution in [0.3, 0.4) is 0 Å². The lowest BCUT2D eigenvalue weighted by Gasteiger charge is -2.11. The Bertz CT molecular complexity index is 324. The van der Waals surface area contributed by atoms with E-state index in [9.17, 15) is 5.11 Å². The summed E-state index contributed by atoms with van der Waals surface area (Å²) in [5.41, 5.74) is 1.37. The van der Waals surface area contributed by atoms with Gasteiger partial charge in [-0.15, -0.1) is 11.8 Å². The lowest BCUT2D eigenvalue weighted by Crippen LogP contribution is -2.28. The molecular weight excluding hydrogens is 242 g/mol. The highest BCUT2D eigenvalue weighted by Crippen LogP contribution is 2.22. The van der Waals surface area contributed by atoms with Crippen LogP contribution in [0.25, 0.3) is 0 Å². The summed E-state index contributed by atoms with van der Waals surface area (Å²) in [5.74, 6) is 1.32. The summed E-state index contributed by atoms with van der Waals surface area (Å²) in [7, 11) is 0. The fourth-order valence-electron chi connectivity index (χ4n) is 1.65. The molecular formula is C15H25NOS. The fraction of sp³-hybridized carbons (Fsp3) is 0.600. The number of hydrogen-bond donors (Lipinski definition) is 2. The van der Waals surface area contributed by atoms with E-state index in [1.165, 1.54) is 10.5 Å². The van der Waals surface area contributed by atoms with E-state index in [0.717, 1.165) is 18.7 Å². The number of aliphatic hydroxyl groups excluding tert-OH is 1. The van der Waals surface area contributed by atoms with Crippen molar-refractivity contribution in [2.75, 3.05) is 18.8 Å². The van der Waals surface area contributed by atoms with Gasteiger partial charge in [-0.1, -0.05) is 32.9 Å². The summed E-state index contributed by atoms with van der Waals surface area (Å²) < 4.78 is 0. The lowest BCUT2D eigenvalue weighted by molar-refractivity contribution is 0.196. The Morgan fingerprint density at radius 2 is 1.89 bits per heavy atom. The van der Waals surface area contributed by atoms with Crippen molar-refractivity contribution in [3.63, 3.8) is 0 Å². The molecule has 0 aliphatic rings. The third-order valence-electron chi connectivity index (χ3n) is 2.80. The van der Waals surface area contributed by atoms with Crippen molar-refractivity contribution in [1.82, 2.24) is 5.32 Å². The number of nitrogens with one attached hydrogen (secondary N) is 1. The Kier molecular flexibility index (Phi) is 7.40. The van der Waals surface area contributed by atoms with Crippen LogP contribution in [0.1, 0.15) is 38.7 Å². The summed E-state index contributed by atoms with van der Waals surface area (Å²) in [4.78, 5) is 1.23. The minimum atomic E-state index is -0.272. The van der Waals surface area contributed by atoms with E-state index < -0.39 is 0 Å². The first-order valence-electron chi connectivity index (χ1n) is 6.75. The van der Waals surface area contributed by atoms with Crippen molar-refractivity contribution in [2.24, 2.45) is 0 Å². The fourth-order valence-corrected chi connectivity index (χ4v) is 2.48. The van der Waals surface area contributed by atoms with Crippen LogP contribution in [0.15, 0.2) is 29.2 Å². The maximum absolute atomic E-state index is 9.80. The van der Waals surface area contributed by atoms with E-state index in [0.29, 0.717) is 12.5 Å². The summed E-state index contributed by atoms with van der Waals surface area (Å²) >= 11 is 1.72. The molecule has 0 aliphatic carbocycles. The molecule has 1 unspecified atom stereocenters. The van der Waals surface area contributed by atoms with Gasteiger partial charge in [0, 0.05) is 17.2 Å². The molecule has 0 amide bonds. The third-order valence-corrected chi connectivity index (χ3v) is 3.95. The average molecular weight is 267 g/mol. The molecule has 3 heteroatoms. The van der Waals surface area contributed by atoms with Crippen LogP contribution in [0.4, 0.5) is 0 Å². The van der Waals surface area contributed by atoms with Crippen LogP contribution in [0.5, 0.6) is 0 Å². The predicted molar refractivity (Wildman–Crippen MR) is 80.4 cm³/mol. The van der Waals surface area contributed by atoms with E-state index in [1.807, 2.05) is 0 Å². The Morgan fingerprint density at radius 3 is 2.44 bits per heavy atom. The van der Waals surface area contributed by atoms with Crippen LogP contribution in [0.2, 0.25) is 0 Å². The van der Waals surface area contributed by atoms with Gasteiger partial charge >= 0.3 is 0 Å². The number of thioether (sulfide) groups is 1. The van der Waals surface area contributed by atoms with Crippen molar-refractivity contribution in [3.05, 3.63) is 29.8 Å². The van der Waals surface area contributed by atoms with Gasteiger partial charge in [-0.2, -0.15) is 0 Å². The summed E-state index contributed by atoms with van der Waals surface area (Å²) in [5, 5.41) is 13.0. The van der Waals surface area contributed by atoms with E-state index in [4.69, 9.17) is 0 Å². The molecule has 18 heavy (non-hydrogen) atoms. The Balaban J connectivity index is 2.30. The second-order valence-corrected chi connectivity index (χ2v) is 5.99. The van der Waals surface area contributed by atoms with Gasteiger partial charge in [0.25, 0.3) is 0 Å². The first-order valence-corrected chi connectivity index (χ1v) is 7.73. The molecule has 1 aromatic carbocycles. The Morgan fingerprint density at radius 1 is 1.22 bits per heavy atom. The van der Waals surface area contributed by atoms with Gasteiger partial charge in [-0.3, -0.25) is 0 Å². The molecule has 0 fully saturated rings. The van der Waals surface area contributed by atoms with Gasteiger partial charge < -0.3 is 10.4 Å². The predicted octanol–water partition coefficient (Wildman–Crippen LogP) is 3.26. The molecule has 2 nitrogen and oxygen atoms in total. The molecule has 0 radical (unpaired) electrons. The molecule has 102 valence electrons. The molecule has 2 N–H and O–H groups in total. The van der Waals surface area contributed by atoms with Crippen molar-refractivity contribution in [2.45, 2.75) is 44.1 Å². The van der Waals surface area contributed by atoms with Gasteiger partial charge in [0.05, 0.1) is 6.10 Å². The molecule has 0 aromatic heterocycles. The van der Waals surface area contributed by atoms with E-state index >= 15 is 0 Å². The number of rotatable bonds is 8. The van der Waals surface area contributed by atoms with Crippen molar-refractivity contribution < 1.29 is 5.11 Å². The van der Waals surface area contributed by atoms with Gasteiger partial charge in [-0.05, 0) is 36.6 Å². The topological polar surface area (TPSA) is 32.3 Å². The molecule has 1 rings (SSSR count). The van der Waals surface area contributed by atoms with Crippen LogP contribution < -0.4 is 5.32 Å². The first-order chi connectivity index (χ1) is 8.63. The van der Waals surface area contributed by atoms with E-state index in [2.05, 4.69) is 50.4 Å². The number of benzene rings is 1. The zero-order chi connectivity index (χ0) is 13.4.